The van der Waals surface area contributed by atoms with Gasteiger partial charge in [0, 0.05) is 6.20 Å². The summed E-state index contributed by atoms with van der Waals surface area (Å²) in [6.45, 7) is 12.1. The molecule has 0 spiro atoms. The van der Waals surface area contributed by atoms with E-state index in [9.17, 15) is 0 Å². The van der Waals surface area contributed by atoms with E-state index in [4.69, 9.17) is 0 Å². The fourth-order valence-corrected chi connectivity index (χ4v) is 0.850. The zero-order valence-electron chi connectivity index (χ0n) is 12.0. The zero-order chi connectivity index (χ0) is 13.5. The van der Waals surface area contributed by atoms with Crippen LogP contribution in [0.15, 0.2) is 42.7 Å². The van der Waals surface area contributed by atoms with E-state index >= 15 is 0 Å². The highest BCUT2D eigenvalue weighted by Gasteiger charge is 1.74. The number of hydrogen-bond acceptors (Lipinski definition) is 1. The second-order valence-electron chi connectivity index (χ2n) is 2.93. The molecule has 0 unspecified atom stereocenters. The third-order valence-electron chi connectivity index (χ3n) is 1.58. The van der Waals surface area contributed by atoms with Crippen molar-refractivity contribution in [3.63, 3.8) is 0 Å². The first kappa shape index (κ1) is 17.8. The van der Waals surface area contributed by atoms with Gasteiger partial charge in [-0.1, -0.05) is 63.6 Å². The second-order valence-corrected chi connectivity index (χ2v) is 2.93. The predicted molar refractivity (Wildman–Crippen MR) is 77.2 cm³/mol. The highest BCUT2D eigenvalue weighted by Crippen LogP contribution is 1.92. The van der Waals surface area contributed by atoms with Crippen molar-refractivity contribution < 1.29 is 0 Å². The largest absolute Gasteiger partial charge is 0.285 e. The molecule has 0 radical (unpaired) electrons. The molecule has 0 saturated heterocycles. The first-order chi connectivity index (χ1) is 8.29. The monoisotopic (exact) mass is 234 g/mol. The van der Waals surface area contributed by atoms with E-state index in [2.05, 4.69) is 29.3 Å². The Hall–Kier alpha value is -1.57. The smallest absolute Gasteiger partial charge is 0.0516 e. The maximum Gasteiger partial charge on any atom is 0.0516 e. The van der Waals surface area contributed by atoms with Crippen LogP contribution in [0.1, 0.15) is 38.8 Å². The van der Waals surface area contributed by atoms with E-state index in [1.165, 1.54) is 11.1 Å². The molecule has 1 aromatic carbocycles. The summed E-state index contributed by atoms with van der Waals surface area (Å²) < 4.78 is 0. The van der Waals surface area contributed by atoms with Crippen molar-refractivity contribution in [3.05, 3.63) is 53.9 Å². The van der Waals surface area contributed by atoms with Gasteiger partial charge in [-0.3, -0.25) is 5.10 Å². The standard InChI is InChI=1S/C7H8.C4H6N2.2C2H6/c1-7-5-3-2-4-6-7;1-4-2-5-6-3-4;2*1-2/h2-6H,1H3;2-3H,1H3,(H,5,6);2*1-2H3. The molecule has 2 aromatic rings. The van der Waals surface area contributed by atoms with Gasteiger partial charge in [0.15, 0.2) is 0 Å². The lowest BCUT2D eigenvalue weighted by Crippen LogP contribution is -1.62. The number of aromatic nitrogens is 2. The van der Waals surface area contributed by atoms with Crippen molar-refractivity contribution >= 4 is 0 Å². The molecule has 0 aliphatic heterocycles. The lowest BCUT2D eigenvalue weighted by atomic mass is 10.2. The minimum Gasteiger partial charge on any atom is -0.285 e. The average Bonchev–Trinajstić information content (AvgIpc) is 2.87. The number of nitrogens with zero attached hydrogens (tertiary/aromatic N) is 1. The molecular formula is C15H26N2. The number of rotatable bonds is 0. The fourth-order valence-electron chi connectivity index (χ4n) is 0.850. The summed E-state index contributed by atoms with van der Waals surface area (Å²) in [6, 6.07) is 10.3. The summed E-state index contributed by atoms with van der Waals surface area (Å²) >= 11 is 0. The van der Waals surface area contributed by atoms with Crippen molar-refractivity contribution in [3.8, 4) is 0 Å². The Balaban J connectivity index is 0. The van der Waals surface area contributed by atoms with Gasteiger partial charge in [-0.2, -0.15) is 5.10 Å². The van der Waals surface area contributed by atoms with Crippen LogP contribution in [-0.2, 0) is 0 Å². The van der Waals surface area contributed by atoms with E-state index in [-0.39, 0.29) is 0 Å². The molecule has 0 aliphatic rings. The summed E-state index contributed by atoms with van der Waals surface area (Å²) in [5, 5.41) is 6.38. The number of hydrogen-bond donors (Lipinski definition) is 1. The van der Waals surface area contributed by atoms with Gasteiger partial charge < -0.3 is 0 Å². The molecule has 96 valence electrons. The Morgan fingerprint density at radius 1 is 0.824 bits per heavy atom. The molecular weight excluding hydrogens is 208 g/mol. The van der Waals surface area contributed by atoms with E-state index < -0.39 is 0 Å². The lowest BCUT2D eigenvalue weighted by Gasteiger charge is -1.82. The van der Waals surface area contributed by atoms with E-state index in [0.29, 0.717) is 0 Å². The SMILES string of the molecule is CC.CC.Cc1ccccc1.Cc1cn[nH]c1. The Bertz CT molecular complexity index is 312. The molecule has 0 amide bonds. The molecule has 0 aliphatic carbocycles. The highest BCUT2D eigenvalue weighted by atomic mass is 15.1. The third-order valence-corrected chi connectivity index (χ3v) is 1.58. The maximum absolute atomic E-state index is 3.70. The first-order valence-corrected chi connectivity index (χ1v) is 6.26. The number of aromatic amines is 1. The van der Waals surface area contributed by atoms with Gasteiger partial charge in [-0.25, -0.2) is 0 Å². The van der Waals surface area contributed by atoms with Gasteiger partial charge in [-0.15, -0.1) is 0 Å². The molecule has 1 aromatic heterocycles. The molecule has 2 nitrogen and oxygen atoms in total. The van der Waals surface area contributed by atoms with Crippen molar-refractivity contribution in [2.45, 2.75) is 41.5 Å². The molecule has 0 saturated carbocycles. The van der Waals surface area contributed by atoms with Gasteiger partial charge in [0.1, 0.15) is 0 Å². The maximum atomic E-state index is 3.70. The summed E-state index contributed by atoms with van der Waals surface area (Å²) in [5.74, 6) is 0. The van der Waals surface area contributed by atoms with Crippen LogP contribution in [0, 0.1) is 13.8 Å². The van der Waals surface area contributed by atoms with E-state index in [1.807, 2.05) is 59.0 Å². The third kappa shape index (κ3) is 12.4. The van der Waals surface area contributed by atoms with Gasteiger partial charge in [0.05, 0.1) is 6.20 Å². The highest BCUT2D eigenvalue weighted by molar-refractivity contribution is 5.11. The topological polar surface area (TPSA) is 28.7 Å². The van der Waals surface area contributed by atoms with Crippen LogP contribution in [-0.4, -0.2) is 10.2 Å². The molecule has 2 rings (SSSR count). The number of benzene rings is 1. The van der Waals surface area contributed by atoms with Crippen LogP contribution in [0.5, 0.6) is 0 Å². The first-order valence-electron chi connectivity index (χ1n) is 6.26. The molecule has 0 fully saturated rings. The fraction of sp³-hybridized carbons (Fsp3) is 0.400. The molecule has 1 heterocycles. The summed E-state index contributed by atoms with van der Waals surface area (Å²) in [6.07, 6.45) is 3.62. The summed E-state index contributed by atoms with van der Waals surface area (Å²) in [4.78, 5) is 0. The molecule has 17 heavy (non-hydrogen) atoms. The Morgan fingerprint density at radius 3 is 1.53 bits per heavy atom. The van der Waals surface area contributed by atoms with E-state index in [1.54, 1.807) is 6.20 Å². The van der Waals surface area contributed by atoms with Crippen LogP contribution in [0.2, 0.25) is 0 Å². The van der Waals surface area contributed by atoms with Crippen molar-refractivity contribution in [1.29, 1.82) is 0 Å². The van der Waals surface area contributed by atoms with Gasteiger partial charge in [0.25, 0.3) is 0 Å². The van der Waals surface area contributed by atoms with E-state index in [0.717, 1.165) is 0 Å². The second kappa shape index (κ2) is 14.4. The predicted octanol–water partition coefficient (Wildman–Crippen LogP) is 4.77. The van der Waals surface area contributed by atoms with Crippen molar-refractivity contribution in [1.82, 2.24) is 10.2 Å². The van der Waals surface area contributed by atoms with Crippen LogP contribution in [0.4, 0.5) is 0 Å². The molecule has 2 heteroatoms. The van der Waals surface area contributed by atoms with Crippen molar-refractivity contribution in [2.24, 2.45) is 0 Å². The summed E-state index contributed by atoms with van der Waals surface area (Å²) in [5.41, 5.74) is 2.50. The minimum atomic E-state index is 1.18. The zero-order valence-corrected chi connectivity index (χ0v) is 12.0. The quantitative estimate of drug-likeness (QED) is 0.699. The van der Waals surface area contributed by atoms with Crippen LogP contribution >= 0.6 is 0 Å². The number of H-pyrrole nitrogens is 1. The lowest BCUT2D eigenvalue weighted by molar-refractivity contribution is 1.09. The Kier molecular flexibility index (Phi) is 15.1. The molecule has 0 bridgehead atoms. The number of aryl methyl sites for hydroxylation is 2. The Morgan fingerprint density at radius 2 is 1.35 bits per heavy atom. The van der Waals surface area contributed by atoms with Crippen LogP contribution in [0.25, 0.3) is 0 Å². The van der Waals surface area contributed by atoms with Crippen LogP contribution in [0.3, 0.4) is 0 Å². The number of nitrogens with one attached hydrogen (secondary N) is 1. The Labute approximate surface area is 106 Å². The van der Waals surface area contributed by atoms with Gasteiger partial charge >= 0.3 is 0 Å². The van der Waals surface area contributed by atoms with Gasteiger partial charge in [0.2, 0.25) is 0 Å². The molecule has 1 N–H and O–H groups in total. The van der Waals surface area contributed by atoms with Crippen LogP contribution < -0.4 is 0 Å². The van der Waals surface area contributed by atoms with Crippen molar-refractivity contribution in [2.75, 3.05) is 0 Å². The molecule has 0 atom stereocenters. The minimum absolute atomic E-state index is 1.18. The normalized spacial score (nSPS) is 7.41. The van der Waals surface area contributed by atoms with Gasteiger partial charge in [-0.05, 0) is 19.4 Å². The summed E-state index contributed by atoms with van der Waals surface area (Å²) in [7, 11) is 0. The average molecular weight is 234 g/mol.